The minimum Gasteiger partial charge on any atom is -0.484 e. The highest BCUT2D eigenvalue weighted by atomic mass is 16.7. The zero-order valence-electron chi connectivity index (χ0n) is 14.8. The van der Waals surface area contributed by atoms with E-state index in [1.807, 2.05) is 67.6 Å². The fraction of sp³-hybridized carbons (Fsp3) is 0.143. The van der Waals surface area contributed by atoms with E-state index in [-0.39, 0.29) is 19.3 Å². The molecule has 1 aliphatic rings. The maximum Gasteiger partial charge on any atom is 0.277 e. The highest BCUT2D eigenvalue weighted by molar-refractivity contribution is 5.99. The molecule has 0 saturated heterocycles. The molecule has 0 unspecified atom stereocenters. The van der Waals surface area contributed by atoms with Crippen LogP contribution in [0.25, 0.3) is 10.8 Å². The van der Waals surface area contributed by atoms with Gasteiger partial charge in [0.15, 0.2) is 18.1 Å². The van der Waals surface area contributed by atoms with Crippen LogP contribution in [0.1, 0.15) is 12.5 Å². The number of benzene rings is 3. The van der Waals surface area contributed by atoms with Crippen LogP contribution in [0.5, 0.6) is 17.2 Å². The Balaban J connectivity index is 1.35. The van der Waals surface area contributed by atoms with Gasteiger partial charge in [-0.15, -0.1) is 0 Å². The first kappa shape index (κ1) is 16.9. The first-order valence-electron chi connectivity index (χ1n) is 8.54. The Morgan fingerprint density at radius 1 is 1.04 bits per heavy atom. The van der Waals surface area contributed by atoms with Gasteiger partial charge in [-0.1, -0.05) is 30.3 Å². The lowest BCUT2D eigenvalue weighted by Crippen LogP contribution is -2.25. The van der Waals surface area contributed by atoms with Crippen LogP contribution < -0.4 is 19.6 Å². The first-order valence-corrected chi connectivity index (χ1v) is 8.54. The number of hydrogen-bond acceptors (Lipinski definition) is 5. The summed E-state index contributed by atoms with van der Waals surface area (Å²) >= 11 is 0. The van der Waals surface area contributed by atoms with Crippen molar-refractivity contribution in [3.63, 3.8) is 0 Å². The second-order valence-electron chi connectivity index (χ2n) is 6.10. The Morgan fingerprint density at radius 2 is 1.85 bits per heavy atom. The van der Waals surface area contributed by atoms with Gasteiger partial charge in [-0.2, -0.15) is 5.10 Å². The molecule has 3 aromatic rings. The standard InChI is InChI=1S/C21H18N2O4/c1-14(16-7-9-19-20(11-16)27-13-26-19)22-23-21(24)12-25-18-8-6-15-4-2-3-5-17(15)10-18/h2-11H,12-13H2,1H3,(H,23,24). The van der Waals surface area contributed by atoms with E-state index in [2.05, 4.69) is 10.5 Å². The van der Waals surface area contributed by atoms with Crippen LogP contribution in [0.4, 0.5) is 0 Å². The summed E-state index contributed by atoms with van der Waals surface area (Å²) in [6.07, 6.45) is 0. The number of nitrogens with zero attached hydrogens (tertiary/aromatic N) is 1. The third-order valence-electron chi connectivity index (χ3n) is 4.23. The van der Waals surface area contributed by atoms with Gasteiger partial charge in [-0.3, -0.25) is 4.79 Å². The van der Waals surface area contributed by atoms with Crippen molar-refractivity contribution in [1.29, 1.82) is 0 Å². The summed E-state index contributed by atoms with van der Waals surface area (Å²) in [5.41, 5.74) is 4.01. The summed E-state index contributed by atoms with van der Waals surface area (Å²) in [5, 5.41) is 6.31. The third-order valence-corrected chi connectivity index (χ3v) is 4.23. The van der Waals surface area contributed by atoms with Gasteiger partial charge in [-0.05, 0) is 48.0 Å². The molecule has 3 aromatic carbocycles. The van der Waals surface area contributed by atoms with Gasteiger partial charge >= 0.3 is 0 Å². The molecule has 27 heavy (non-hydrogen) atoms. The average molecular weight is 362 g/mol. The Bertz CT molecular complexity index is 1030. The Labute approximate surface area is 156 Å². The van der Waals surface area contributed by atoms with Crippen molar-refractivity contribution in [3.05, 3.63) is 66.2 Å². The van der Waals surface area contributed by atoms with Crippen molar-refractivity contribution in [2.75, 3.05) is 13.4 Å². The zero-order valence-corrected chi connectivity index (χ0v) is 14.8. The van der Waals surface area contributed by atoms with Crippen molar-refractivity contribution in [2.24, 2.45) is 5.10 Å². The molecular weight excluding hydrogens is 344 g/mol. The molecule has 1 aliphatic heterocycles. The van der Waals surface area contributed by atoms with Gasteiger partial charge in [0.1, 0.15) is 5.75 Å². The Morgan fingerprint density at radius 3 is 2.74 bits per heavy atom. The smallest absolute Gasteiger partial charge is 0.277 e. The van der Waals surface area contributed by atoms with Gasteiger partial charge in [-0.25, -0.2) is 5.43 Å². The molecule has 0 saturated carbocycles. The van der Waals surface area contributed by atoms with Gasteiger partial charge in [0.25, 0.3) is 5.91 Å². The first-order chi connectivity index (χ1) is 13.2. The van der Waals surface area contributed by atoms with E-state index in [0.29, 0.717) is 23.0 Å². The lowest BCUT2D eigenvalue weighted by molar-refractivity contribution is -0.123. The van der Waals surface area contributed by atoms with Gasteiger partial charge in [0.05, 0.1) is 5.71 Å². The molecule has 0 spiro atoms. The SMILES string of the molecule is CC(=NNC(=O)COc1ccc2ccccc2c1)c1ccc2c(c1)OCO2. The molecule has 6 heteroatoms. The minimum atomic E-state index is -0.330. The Kier molecular flexibility index (Phi) is 4.61. The van der Waals surface area contributed by atoms with Crippen molar-refractivity contribution < 1.29 is 19.0 Å². The summed E-state index contributed by atoms with van der Waals surface area (Å²) in [5.74, 6) is 1.69. The van der Waals surface area contributed by atoms with E-state index >= 15 is 0 Å². The number of ether oxygens (including phenoxy) is 3. The van der Waals surface area contributed by atoms with Gasteiger partial charge < -0.3 is 14.2 Å². The number of nitrogens with one attached hydrogen (secondary N) is 1. The van der Waals surface area contributed by atoms with Crippen molar-refractivity contribution in [2.45, 2.75) is 6.92 Å². The van der Waals surface area contributed by atoms with Crippen molar-refractivity contribution >= 4 is 22.4 Å². The average Bonchev–Trinajstić information content (AvgIpc) is 3.18. The van der Waals surface area contributed by atoms with Crippen LogP contribution in [0.15, 0.2) is 65.8 Å². The van der Waals surface area contributed by atoms with Crippen LogP contribution in [-0.4, -0.2) is 25.0 Å². The summed E-state index contributed by atoms with van der Waals surface area (Å²) in [6, 6.07) is 19.2. The van der Waals surface area contributed by atoms with E-state index in [9.17, 15) is 4.79 Å². The van der Waals surface area contributed by atoms with Crippen LogP contribution >= 0.6 is 0 Å². The van der Waals surface area contributed by atoms with Crippen LogP contribution in [0.3, 0.4) is 0 Å². The number of hydrogen-bond donors (Lipinski definition) is 1. The molecule has 1 heterocycles. The van der Waals surface area contributed by atoms with E-state index in [0.717, 1.165) is 16.3 Å². The molecule has 4 rings (SSSR count). The van der Waals surface area contributed by atoms with Gasteiger partial charge in [0, 0.05) is 5.56 Å². The van der Waals surface area contributed by atoms with E-state index in [1.54, 1.807) is 0 Å². The fourth-order valence-electron chi connectivity index (χ4n) is 2.77. The topological polar surface area (TPSA) is 69.2 Å². The maximum absolute atomic E-state index is 12.0. The zero-order chi connectivity index (χ0) is 18.6. The summed E-state index contributed by atoms with van der Waals surface area (Å²) < 4.78 is 16.2. The third kappa shape index (κ3) is 3.84. The largest absolute Gasteiger partial charge is 0.484 e. The molecule has 136 valence electrons. The molecule has 0 bridgehead atoms. The molecular formula is C21H18N2O4. The normalized spacial score (nSPS) is 12.9. The minimum absolute atomic E-state index is 0.115. The molecule has 0 radical (unpaired) electrons. The van der Waals surface area contributed by atoms with E-state index in [4.69, 9.17) is 14.2 Å². The molecule has 1 amide bonds. The highest BCUT2D eigenvalue weighted by Crippen LogP contribution is 2.32. The second-order valence-corrected chi connectivity index (χ2v) is 6.10. The number of carbonyl (C=O) groups is 1. The van der Waals surface area contributed by atoms with Crippen LogP contribution in [0, 0.1) is 0 Å². The molecule has 0 aliphatic carbocycles. The van der Waals surface area contributed by atoms with Crippen molar-refractivity contribution in [3.8, 4) is 17.2 Å². The molecule has 6 nitrogen and oxygen atoms in total. The fourth-order valence-corrected chi connectivity index (χ4v) is 2.77. The number of fused-ring (bicyclic) bond motifs is 2. The molecule has 0 aromatic heterocycles. The number of hydrazone groups is 1. The maximum atomic E-state index is 12.0. The molecule has 0 atom stereocenters. The molecule has 1 N–H and O–H groups in total. The lowest BCUT2D eigenvalue weighted by Gasteiger charge is -2.07. The predicted molar refractivity (Wildman–Crippen MR) is 102 cm³/mol. The van der Waals surface area contributed by atoms with Gasteiger partial charge in [0.2, 0.25) is 6.79 Å². The number of amides is 1. The second kappa shape index (κ2) is 7.37. The predicted octanol–water partition coefficient (Wildman–Crippen LogP) is 3.49. The lowest BCUT2D eigenvalue weighted by atomic mass is 10.1. The van der Waals surface area contributed by atoms with Crippen molar-refractivity contribution in [1.82, 2.24) is 5.43 Å². The van der Waals surface area contributed by atoms with E-state index in [1.165, 1.54) is 0 Å². The number of carbonyl (C=O) groups excluding carboxylic acids is 1. The summed E-state index contributed by atoms with van der Waals surface area (Å²) in [7, 11) is 0. The summed E-state index contributed by atoms with van der Waals surface area (Å²) in [4.78, 5) is 12.0. The van der Waals surface area contributed by atoms with Crippen LogP contribution in [-0.2, 0) is 4.79 Å². The summed E-state index contributed by atoms with van der Waals surface area (Å²) in [6.45, 7) is 1.91. The number of rotatable bonds is 5. The highest BCUT2D eigenvalue weighted by Gasteiger charge is 2.14. The van der Waals surface area contributed by atoms with E-state index < -0.39 is 0 Å². The molecule has 0 fully saturated rings. The van der Waals surface area contributed by atoms with Crippen LogP contribution in [0.2, 0.25) is 0 Å². The Hall–Kier alpha value is -3.54. The quantitative estimate of drug-likeness (QED) is 0.557. The monoisotopic (exact) mass is 362 g/mol.